The van der Waals surface area contributed by atoms with Crippen LogP contribution in [0.25, 0.3) is 0 Å². The predicted molar refractivity (Wildman–Crippen MR) is 93.4 cm³/mol. The molecule has 1 saturated carbocycles. The number of hydrogen-bond donors (Lipinski definition) is 2. The lowest BCUT2D eigenvalue weighted by atomic mass is 10.0. The van der Waals surface area contributed by atoms with Crippen LogP contribution in [-0.2, 0) is 11.3 Å². The van der Waals surface area contributed by atoms with Crippen LogP contribution in [0.3, 0.4) is 0 Å². The molecule has 24 heavy (non-hydrogen) atoms. The Bertz CT molecular complexity index is 579. The molecular formula is C18H25ClFN3O. The van der Waals surface area contributed by atoms with Gasteiger partial charge in [0, 0.05) is 24.2 Å². The van der Waals surface area contributed by atoms with Gasteiger partial charge in [-0.1, -0.05) is 17.7 Å². The lowest BCUT2D eigenvalue weighted by Gasteiger charge is -2.33. The lowest BCUT2D eigenvalue weighted by Crippen LogP contribution is -2.49. The Morgan fingerprint density at radius 2 is 2.17 bits per heavy atom. The molecule has 2 fully saturated rings. The van der Waals surface area contributed by atoms with Crippen molar-refractivity contribution in [1.29, 1.82) is 0 Å². The van der Waals surface area contributed by atoms with Crippen LogP contribution in [0.4, 0.5) is 4.39 Å². The minimum Gasteiger partial charge on any atom is -0.351 e. The molecule has 1 amide bonds. The number of halogens is 2. The van der Waals surface area contributed by atoms with E-state index < -0.39 is 0 Å². The Hall–Kier alpha value is -1.17. The van der Waals surface area contributed by atoms with Gasteiger partial charge in [0.2, 0.25) is 5.91 Å². The molecule has 2 aliphatic rings. The molecule has 0 aromatic heterocycles. The van der Waals surface area contributed by atoms with Crippen molar-refractivity contribution in [3.8, 4) is 0 Å². The number of carbonyl (C=O) groups excluding carboxylic acids is 1. The number of carbonyl (C=O) groups is 1. The zero-order valence-electron chi connectivity index (χ0n) is 13.9. The molecule has 4 nitrogen and oxygen atoms in total. The summed E-state index contributed by atoms with van der Waals surface area (Å²) in [5.41, 5.74) is 0.927. The van der Waals surface area contributed by atoms with E-state index in [9.17, 15) is 9.18 Å². The van der Waals surface area contributed by atoms with Gasteiger partial charge in [0.15, 0.2) is 0 Å². The van der Waals surface area contributed by atoms with E-state index in [1.54, 1.807) is 6.07 Å². The van der Waals surface area contributed by atoms with Crippen LogP contribution in [0, 0.1) is 11.7 Å². The fourth-order valence-electron chi connectivity index (χ4n) is 3.20. The molecule has 0 spiro atoms. The fraction of sp³-hybridized carbons (Fsp3) is 0.611. The monoisotopic (exact) mass is 353 g/mol. The largest absolute Gasteiger partial charge is 0.351 e. The minimum absolute atomic E-state index is 0.0716. The first-order valence-corrected chi connectivity index (χ1v) is 9.14. The summed E-state index contributed by atoms with van der Waals surface area (Å²) in [6, 6.07) is 4.71. The van der Waals surface area contributed by atoms with Crippen molar-refractivity contribution in [2.24, 2.45) is 5.92 Å². The highest BCUT2D eigenvalue weighted by Crippen LogP contribution is 2.27. The Morgan fingerprint density at radius 1 is 1.33 bits per heavy atom. The van der Waals surface area contributed by atoms with Gasteiger partial charge >= 0.3 is 0 Å². The second-order valence-electron chi connectivity index (χ2n) is 6.95. The molecule has 0 bridgehead atoms. The quantitative estimate of drug-likeness (QED) is 0.791. The third kappa shape index (κ3) is 5.43. The highest BCUT2D eigenvalue weighted by molar-refractivity contribution is 6.31. The maximum Gasteiger partial charge on any atom is 0.234 e. The molecule has 6 heteroatoms. The Kier molecular flexibility index (Phi) is 6.09. The zero-order chi connectivity index (χ0) is 16.9. The molecule has 1 atom stereocenters. The topological polar surface area (TPSA) is 44.4 Å². The summed E-state index contributed by atoms with van der Waals surface area (Å²) < 4.78 is 13.1. The number of likely N-dealkylation sites (tertiary alicyclic amines) is 1. The first-order chi connectivity index (χ1) is 11.6. The minimum atomic E-state index is -0.314. The number of piperidine rings is 1. The van der Waals surface area contributed by atoms with E-state index in [-0.39, 0.29) is 17.8 Å². The van der Waals surface area contributed by atoms with Crippen molar-refractivity contribution in [3.63, 3.8) is 0 Å². The van der Waals surface area contributed by atoms with Crippen molar-refractivity contribution >= 4 is 17.5 Å². The molecule has 1 aromatic rings. The molecule has 1 unspecified atom stereocenters. The SMILES string of the molecule is O=C(CNCC1CC1)NC1CCCN(Cc2ccc(F)cc2Cl)C1. The van der Waals surface area contributed by atoms with Crippen LogP contribution in [0.15, 0.2) is 18.2 Å². The van der Waals surface area contributed by atoms with Gasteiger partial charge in [-0.3, -0.25) is 9.69 Å². The van der Waals surface area contributed by atoms with Crippen molar-refractivity contribution in [2.75, 3.05) is 26.2 Å². The highest BCUT2D eigenvalue weighted by Gasteiger charge is 2.23. The lowest BCUT2D eigenvalue weighted by molar-refractivity contribution is -0.121. The summed E-state index contributed by atoms with van der Waals surface area (Å²) in [5.74, 6) is 0.539. The van der Waals surface area contributed by atoms with Crippen LogP contribution in [-0.4, -0.2) is 43.0 Å². The summed E-state index contributed by atoms with van der Waals surface area (Å²) in [6.45, 7) is 3.82. The van der Waals surface area contributed by atoms with E-state index in [0.29, 0.717) is 18.1 Å². The summed E-state index contributed by atoms with van der Waals surface area (Å²) >= 11 is 6.11. The molecule has 1 heterocycles. The van der Waals surface area contributed by atoms with E-state index in [4.69, 9.17) is 11.6 Å². The average molecular weight is 354 g/mol. The Morgan fingerprint density at radius 3 is 2.92 bits per heavy atom. The number of nitrogens with one attached hydrogen (secondary N) is 2. The third-order valence-electron chi connectivity index (χ3n) is 4.70. The number of benzene rings is 1. The number of amides is 1. The molecule has 0 radical (unpaired) electrons. The smallest absolute Gasteiger partial charge is 0.234 e. The fourth-order valence-corrected chi connectivity index (χ4v) is 3.43. The van der Waals surface area contributed by atoms with Crippen molar-refractivity contribution in [2.45, 2.75) is 38.3 Å². The Labute approximate surface area is 147 Å². The second kappa shape index (κ2) is 8.28. The van der Waals surface area contributed by atoms with E-state index in [2.05, 4.69) is 15.5 Å². The van der Waals surface area contributed by atoms with Gasteiger partial charge in [0.05, 0.1) is 6.54 Å². The molecule has 132 valence electrons. The van der Waals surface area contributed by atoms with Crippen LogP contribution >= 0.6 is 11.6 Å². The maximum absolute atomic E-state index is 13.1. The van der Waals surface area contributed by atoms with Crippen molar-refractivity contribution in [1.82, 2.24) is 15.5 Å². The summed E-state index contributed by atoms with van der Waals surface area (Å²) in [4.78, 5) is 14.3. The van der Waals surface area contributed by atoms with Crippen LogP contribution in [0.1, 0.15) is 31.2 Å². The number of hydrogen-bond acceptors (Lipinski definition) is 3. The normalized spacial score (nSPS) is 21.7. The standard InChI is InChI=1S/C18H25ClFN3O/c19-17-8-15(20)6-5-14(17)11-23-7-1-2-16(12-23)22-18(24)10-21-9-13-3-4-13/h5-6,8,13,16,21H,1-4,7,9-12H2,(H,22,24). The summed E-state index contributed by atoms with van der Waals surface area (Å²) in [6.07, 6.45) is 4.62. The Balaban J connectivity index is 1.44. The van der Waals surface area contributed by atoms with Gasteiger partial charge < -0.3 is 10.6 Å². The van der Waals surface area contributed by atoms with E-state index in [1.807, 2.05) is 0 Å². The van der Waals surface area contributed by atoms with Crippen LogP contribution < -0.4 is 10.6 Å². The van der Waals surface area contributed by atoms with Crippen molar-refractivity contribution in [3.05, 3.63) is 34.6 Å². The van der Waals surface area contributed by atoms with Crippen molar-refractivity contribution < 1.29 is 9.18 Å². The van der Waals surface area contributed by atoms with Gasteiger partial charge in [-0.05, 0) is 62.4 Å². The first kappa shape index (κ1) is 17.6. The van der Waals surface area contributed by atoms with E-state index >= 15 is 0 Å². The molecule has 1 aromatic carbocycles. The van der Waals surface area contributed by atoms with Gasteiger partial charge in [0.25, 0.3) is 0 Å². The van der Waals surface area contributed by atoms with Crippen LogP contribution in [0.2, 0.25) is 5.02 Å². The molecule has 2 N–H and O–H groups in total. The van der Waals surface area contributed by atoms with Gasteiger partial charge in [-0.25, -0.2) is 4.39 Å². The van der Waals surface area contributed by atoms with Gasteiger partial charge in [-0.2, -0.15) is 0 Å². The highest BCUT2D eigenvalue weighted by atomic mass is 35.5. The number of rotatable bonds is 7. The van der Waals surface area contributed by atoms with Gasteiger partial charge in [0.1, 0.15) is 5.82 Å². The van der Waals surface area contributed by atoms with Crippen LogP contribution in [0.5, 0.6) is 0 Å². The molecular weight excluding hydrogens is 329 g/mol. The second-order valence-corrected chi connectivity index (χ2v) is 7.36. The molecule has 1 aliphatic carbocycles. The maximum atomic E-state index is 13.1. The third-order valence-corrected chi connectivity index (χ3v) is 5.05. The summed E-state index contributed by atoms with van der Waals surface area (Å²) in [7, 11) is 0. The zero-order valence-corrected chi connectivity index (χ0v) is 14.6. The average Bonchev–Trinajstić information content (AvgIpc) is 3.35. The summed E-state index contributed by atoms with van der Waals surface area (Å²) in [5, 5.41) is 6.80. The molecule has 1 saturated heterocycles. The van der Waals surface area contributed by atoms with E-state index in [1.165, 1.54) is 25.0 Å². The molecule has 1 aliphatic heterocycles. The number of nitrogens with zero attached hydrogens (tertiary/aromatic N) is 1. The predicted octanol–water partition coefficient (Wildman–Crippen LogP) is 2.56. The first-order valence-electron chi connectivity index (χ1n) is 8.76. The molecule has 3 rings (SSSR count). The van der Waals surface area contributed by atoms with E-state index in [0.717, 1.165) is 44.0 Å². The van der Waals surface area contributed by atoms with Gasteiger partial charge in [-0.15, -0.1) is 0 Å².